The Kier molecular flexibility index (Phi) is 5.09. The third-order valence-corrected chi connectivity index (χ3v) is 3.09. The Morgan fingerprint density at radius 3 is 2.85 bits per heavy atom. The van der Waals surface area contributed by atoms with Crippen LogP contribution < -0.4 is 10.1 Å². The highest BCUT2D eigenvalue weighted by atomic mass is 79.9. The molecule has 0 fully saturated rings. The number of ether oxygens (including phenoxy) is 1. The lowest BCUT2D eigenvalue weighted by Crippen LogP contribution is -2.22. The van der Waals surface area contributed by atoms with E-state index in [1.165, 1.54) is 12.1 Å². The van der Waals surface area contributed by atoms with Gasteiger partial charge in [0, 0.05) is 34.9 Å². The van der Waals surface area contributed by atoms with Crippen LogP contribution in [0.15, 0.2) is 41.1 Å². The van der Waals surface area contributed by atoms with Crippen molar-refractivity contribution in [2.24, 2.45) is 0 Å². The molecule has 0 aliphatic rings. The van der Waals surface area contributed by atoms with Crippen molar-refractivity contribution in [2.45, 2.75) is 26.4 Å². The number of halogens is 2. The molecular formula is C15H16BrFN2O. The first-order chi connectivity index (χ1) is 9.54. The second-order valence-electron chi connectivity index (χ2n) is 4.73. The average molecular weight is 339 g/mol. The van der Waals surface area contributed by atoms with E-state index in [2.05, 4.69) is 40.1 Å². The molecule has 0 amide bonds. The zero-order chi connectivity index (χ0) is 14.5. The topological polar surface area (TPSA) is 34.2 Å². The third-order valence-electron chi connectivity index (χ3n) is 2.63. The molecule has 0 aliphatic heterocycles. The lowest BCUT2D eigenvalue weighted by molar-refractivity contribution is 0.462. The van der Waals surface area contributed by atoms with Crippen LogP contribution in [-0.2, 0) is 6.54 Å². The molecule has 0 aliphatic carbocycles. The first-order valence-corrected chi connectivity index (χ1v) is 7.14. The van der Waals surface area contributed by atoms with E-state index in [0.29, 0.717) is 28.6 Å². The van der Waals surface area contributed by atoms with Crippen LogP contribution in [0.25, 0.3) is 0 Å². The maximum atomic E-state index is 13.3. The van der Waals surface area contributed by atoms with Crippen LogP contribution in [0.5, 0.6) is 11.5 Å². The van der Waals surface area contributed by atoms with Gasteiger partial charge < -0.3 is 10.1 Å². The summed E-state index contributed by atoms with van der Waals surface area (Å²) in [6.45, 7) is 4.82. The molecule has 1 aromatic heterocycles. The molecule has 1 aromatic carbocycles. The minimum absolute atomic E-state index is 0.347. The lowest BCUT2D eigenvalue weighted by atomic mass is 10.2. The first kappa shape index (κ1) is 14.9. The fourth-order valence-corrected chi connectivity index (χ4v) is 2.12. The number of aromatic nitrogens is 1. The van der Waals surface area contributed by atoms with E-state index in [9.17, 15) is 4.39 Å². The number of nitrogens with one attached hydrogen (secondary N) is 1. The molecule has 0 radical (unpaired) electrons. The molecule has 0 unspecified atom stereocenters. The van der Waals surface area contributed by atoms with Gasteiger partial charge in [0.25, 0.3) is 0 Å². The van der Waals surface area contributed by atoms with Crippen molar-refractivity contribution in [2.75, 3.05) is 0 Å². The zero-order valence-electron chi connectivity index (χ0n) is 11.4. The fraction of sp³-hybridized carbons (Fsp3) is 0.267. The monoisotopic (exact) mass is 338 g/mol. The van der Waals surface area contributed by atoms with Crippen LogP contribution in [0.3, 0.4) is 0 Å². The third kappa shape index (κ3) is 4.28. The Hall–Kier alpha value is -1.46. The van der Waals surface area contributed by atoms with Gasteiger partial charge in [0.1, 0.15) is 17.3 Å². The predicted octanol–water partition coefficient (Wildman–Crippen LogP) is 4.27. The van der Waals surface area contributed by atoms with E-state index in [1.54, 1.807) is 18.5 Å². The van der Waals surface area contributed by atoms with Gasteiger partial charge in [0.2, 0.25) is 0 Å². The second kappa shape index (κ2) is 6.81. The Labute approximate surface area is 126 Å². The molecule has 3 nitrogen and oxygen atoms in total. The van der Waals surface area contributed by atoms with E-state index < -0.39 is 0 Å². The maximum Gasteiger partial charge on any atom is 0.150 e. The van der Waals surface area contributed by atoms with Gasteiger partial charge in [-0.3, -0.25) is 4.98 Å². The summed E-state index contributed by atoms with van der Waals surface area (Å²) in [5.41, 5.74) is 0.981. The number of pyridine rings is 1. The van der Waals surface area contributed by atoms with Gasteiger partial charge in [-0.25, -0.2) is 4.39 Å². The molecule has 0 atom stereocenters. The van der Waals surface area contributed by atoms with Gasteiger partial charge in [-0.15, -0.1) is 0 Å². The normalized spacial score (nSPS) is 10.8. The van der Waals surface area contributed by atoms with Crippen LogP contribution >= 0.6 is 15.9 Å². The largest absolute Gasteiger partial charge is 0.455 e. The summed E-state index contributed by atoms with van der Waals surface area (Å²) in [7, 11) is 0. The minimum atomic E-state index is -0.347. The van der Waals surface area contributed by atoms with Crippen molar-refractivity contribution >= 4 is 15.9 Å². The molecular weight excluding hydrogens is 323 g/mol. The van der Waals surface area contributed by atoms with Gasteiger partial charge in [-0.05, 0) is 18.2 Å². The van der Waals surface area contributed by atoms with Gasteiger partial charge in [0.15, 0.2) is 0 Å². The first-order valence-electron chi connectivity index (χ1n) is 6.35. The summed E-state index contributed by atoms with van der Waals surface area (Å²) in [6.07, 6.45) is 3.35. The molecule has 1 heterocycles. The fourth-order valence-electron chi connectivity index (χ4n) is 1.68. The predicted molar refractivity (Wildman–Crippen MR) is 80.4 cm³/mol. The highest BCUT2D eigenvalue weighted by molar-refractivity contribution is 9.10. The molecule has 0 saturated heterocycles. The van der Waals surface area contributed by atoms with Crippen molar-refractivity contribution in [1.29, 1.82) is 0 Å². The summed E-state index contributed by atoms with van der Waals surface area (Å²) in [6, 6.07) is 6.71. The van der Waals surface area contributed by atoms with Gasteiger partial charge >= 0.3 is 0 Å². The highest BCUT2D eigenvalue weighted by Crippen LogP contribution is 2.27. The van der Waals surface area contributed by atoms with Crippen LogP contribution in [0, 0.1) is 5.82 Å². The number of hydrogen-bond donors (Lipinski definition) is 1. The Morgan fingerprint density at radius 2 is 2.15 bits per heavy atom. The summed E-state index contributed by atoms with van der Waals surface area (Å²) in [5.74, 6) is 0.717. The molecule has 2 aromatic rings. The molecule has 0 spiro atoms. The number of nitrogens with zero attached hydrogens (tertiary/aromatic N) is 1. The van der Waals surface area contributed by atoms with E-state index in [1.807, 2.05) is 6.07 Å². The second-order valence-corrected chi connectivity index (χ2v) is 5.64. The quantitative estimate of drug-likeness (QED) is 0.883. The summed E-state index contributed by atoms with van der Waals surface area (Å²) in [4.78, 5) is 4.06. The molecule has 20 heavy (non-hydrogen) atoms. The van der Waals surface area contributed by atoms with Crippen LogP contribution in [0.4, 0.5) is 4.39 Å². The smallest absolute Gasteiger partial charge is 0.150 e. The minimum Gasteiger partial charge on any atom is -0.455 e. The van der Waals surface area contributed by atoms with E-state index in [0.717, 1.165) is 5.56 Å². The summed E-state index contributed by atoms with van der Waals surface area (Å²) in [5, 5.41) is 3.32. The molecule has 106 valence electrons. The van der Waals surface area contributed by atoms with Crippen LogP contribution in [0.1, 0.15) is 19.4 Å². The summed E-state index contributed by atoms with van der Waals surface area (Å²) >= 11 is 3.25. The van der Waals surface area contributed by atoms with Crippen molar-refractivity contribution in [3.8, 4) is 11.5 Å². The SMILES string of the molecule is CC(C)NCc1ccncc1Oc1cc(F)cc(Br)c1. The van der Waals surface area contributed by atoms with Crippen molar-refractivity contribution in [3.05, 3.63) is 52.5 Å². The van der Waals surface area contributed by atoms with Crippen LogP contribution in [-0.4, -0.2) is 11.0 Å². The van der Waals surface area contributed by atoms with Gasteiger partial charge in [-0.2, -0.15) is 0 Å². The molecule has 0 saturated carbocycles. The number of hydrogen-bond acceptors (Lipinski definition) is 3. The Balaban J connectivity index is 2.20. The zero-order valence-corrected chi connectivity index (χ0v) is 12.9. The van der Waals surface area contributed by atoms with Crippen molar-refractivity contribution in [1.82, 2.24) is 10.3 Å². The number of rotatable bonds is 5. The van der Waals surface area contributed by atoms with Crippen LogP contribution in [0.2, 0.25) is 0 Å². The van der Waals surface area contributed by atoms with Gasteiger partial charge in [-0.1, -0.05) is 29.8 Å². The average Bonchev–Trinajstić information content (AvgIpc) is 2.36. The Bertz CT molecular complexity index is 570. The standard InChI is InChI=1S/C15H16BrFN2O/c1-10(2)19-8-11-3-4-18-9-15(11)20-14-6-12(16)5-13(17)7-14/h3-7,9-10,19H,8H2,1-2H3. The maximum absolute atomic E-state index is 13.3. The molecule has 5 heteroatoms. The Morgan fingerprint density at radius 1 is 1.35 bits per heavy atom. The van der Waals surface area contributed by atoms with E-state index in [4.69, 9.17) is 4.74 Å². The van der Waals surface area contributed by atoms with E-state index in [-0.39, 0.29) is 5.82 Å². The molecule has 2 rings (SSSR count). The van der Waals surface area contributed by atoms with Crippen molar-refractivity contribution in [3.63, 3.8) is 0 Å². The van der Waals surface area contributed by atoms with Crippen molar-refractivity contribution < 1.29 is 9.13 Å². The lowest BCUT2D eigenvalue weighted by Gasteiger charge is -2.13. The number of benzene rings is 1. The molecule has 0 bridgehead atoms. The summed E-state index contributed by atoms with van der Waals surface area (Å²) < 4.78 is 19.7. The highest BCUT2D eigenvalue weighted by Gasteiger charge is 2.07. The van der Waals surface area contributed by atoms with E-state index >= 15 is 0 Å². The molecule has 1 N–H and O–H groups in total. The van der Waals surface area contributed by atoms with Gasteiger partial charge in [0.05, 0.1) is 6.20 Å².